The van der Waals surface area contributed by atoms with E-state index < -0.39 is 96.4 Å². The molecule has 2 saturated heterocycles. The van der Waals surface area contributed by atoms with Gasteiger partial charge in [0.2, 0.25) is 35.4 Å². The molecule has 9 N–H and O–H groups in total. The normalized spacial score (nSPS) is 19.5. The van der Waals surface area contributed by atoms with Gasteiger partial charge in [0.1, 0.15) is 42.3 Å². The van der Waals surface area contributed by atoms with Crippen LogP contribution >= 0.6 is 11.8 Å². The summed E-state index contributed by atoms with van der Waals surface area (Å²) >= 11 is 1.45. The van der Waals surface area contributed by atoms with Gasteiger partial charge in [0.25, 0.3) is 0 Å². The summed E-state index contributed by atoms with van der Waals surface area (Å²) in [6, 6.07) is 9.16. The molecule has 0 saturated carbocycles. The van der Waals surface area contributed by atoms with Crippen LogP contribution in [0.1, 0.15) is 50.2 Å². The maximum Gasteiger partial charge on any atom is 0.326 e. The number of amides is 6. The van der Waals surface area contributed by atoms with Crippen LogP contribution in [-0.2, 0) is 46.4 Å². The molecule has 58 heavy (non-hydrogen) atoms. The fourth-order valence-electron chi connectivity index (χ4n) is 7.08. The topological polar surface area (TPSA) is 261 Å². The highest BCUT2D eigenvalue weighted by molar-refractivity contribution is 7.98. The van der Waals surface area contributed by atoms with Gasteiger partial charge in [-0.15, -0.1) is 0 Å². The second-order valence-electron chi connectivity index (χ2n) is 14.6. The van der Waals surface area contributed by atoms with E-state index in [-0.39, 0.29) is 32.4 Å². The van der Waals surface area contributed by atoms with Gasteiger partial charge in [-0.2, -0.15) is 11.8 Å². The Morgan fingerprint density at radius 3 is 1.67 bits per heavy atom. The summed E-state index contributed by atoms with van der Waals surface area (Å²) in [4.78, 5) is 96.9. The first-order valence-electron chi connectivity index (χ1n) is 19.4. The van der Waals surface area contributed by atoms with E-state index in [0.29, 0.717) is 42.6 Å². The Balaban J connectivity index is 1.58. The zero-order valence-corrected chi connectivity index (χ0v) is 33.6. The van der Waals surface area contributed by atoms with Crippen molar-refractivity contribution in [3.8, 4) is 0 Å². The van der Waals surface area contributed by atoms with E-state index in [4.69, 9.17) is 5.73 Å². The van der Waals surface area contributed by atoms with Crippen LogP contribution in [0, 0.1) is 0 Å². The zero-order chi connectivity index (χ0) is 42.4. The van der Waals surface area contributed by atoms with Crippen LogP contribution in [0.3, 0.4) is 0 Å². The minimum absolute atomic E-state index is 0.00320. The highest BCUT2D eigenvalue weighted by Gasteiger charge is 2.44. The Hall–Kier alpha value is -5.04. The Labute approximate surface area is 341 Å². The molecule has 0 unspecified atom stereocenters. The molecule has 0 radical (unpaired) electrons. The van der Waals surface area contributed by atoms with E-state index in [9.17, 15) is 48.9 Å². The van der Waals surface area contributed by atoms with Crippen molar-refractivity contribution in [2.45, 2.75) is 100 Å². The number of carbonyl (C=O) groups is 7. The zero-order valence-electron chi connectivity index (χ0n) is 32.7. The predicted molar refractivity (Wildman–Crippen MR) is 215 cm³/mol. The van der Waals surface area contributed by atoms with Gasteiger partial charge in [-0.3, -0.25) is 28.8 Å². The monoisotopic (exact) mass is 825 g/mol. The third-order valence-corrected chi connectivity index (χ3v) is 11.0. The molecule has 0 aromatic heterocycles. The Bertz CT molecular complexity index is 1740. The Kier molecular flexibility index (Phi) is 17.5. The van der Waals surface area contributed by atoms with Gasteiger partial charge < -0.3 is 52.1 Å². The summed E-state index contributed by atoms with van der Waals surface area (Å²) in [5.41, 5.74) is 7.03. The molecule has 316 valence electrons. The molecular formula is C40H55N7O10S. The number of hydrogen-bond acceptors (Lipinski definition) is 11. The molecule has 2 aromatic rings. The second-order valence-corrected chi connectivity index (χ2v) is 15.6. The average Bonchev–Trinajstić information content (AvgIpc) is 3.92. The number of nitrogens with two attached hydrogens (primary N) is 1. The lowest BCUT2D eigenvalue weighted by Gasteiger charge is -2.33. The van der Waals surface area contributed by atoms with Gasteiger partial charge in [-0.05, 0) is 62.2 Å². The van der Waals surface area contributed by atoms with Crippen molar-refractivity contribution in [1.29, 1.82) is 0 Å². The molecular weight excluding hydrogens is 771 g/mol. The fraction of sp³-hybridized carbons (Fsp3) is 0.525. The lowest BCUT2D eigenvalue weighted by atomic mass is 10.0. The van der Waals surface area contributed by atoms with Crippen molar-refractivity contribution < 1.29 is 48.9 Å². The van der Waals surface area contributed by atoms with Crippen LogP contribution < -0.4 is 27.0 Å². The fourth-order valence-corrected chi connectivity index (χ4v) is 7.55. The summed E-state index contributed by atoms with van der Waals surface area (Å²) in [6.07, 6.45) is 2.50. The van der Waals surface area contributed by atoms with Crippen molar-refractivity contribution in [1.82, 2.24) is 31.1 Å². The maximum atomic E-state index is 14.3. The van der Waals surface area contributed by atoms with E-state index >= 15 is 0 Å². The van der Waals surface area contributed by atoms with Crippen molar-refractivity contribution >= 4 is 53.2 Å². The lowest BCUT2D eigenvalue weighted by Crippen LogP contribution is -2.61. The van der Waals surface area contributed by atoms with Crippen LogP contribution in [-0.4, -0.2) is 147 Å². The van der Waals surface area contributed by atoms with Crippen molar-refractivity contribution in [2.24, 2.45) is 5.73 Å². The molecule has 0 spiro atoms. The molecule has 4 rings (SSSR count). The molecule has 2 aliphatic heterocycles. The number of aliphatic carboxylic acids is 1. The van der Waals surface area contributed by atoms with Gasteiger partial charge in [0.05, 0.1) is 12.7 Å². The number of aliphatic hydroxyl groups excluding tert-OH is 2. The number of benzene rings is 2. The first-order chi connectivity index (χ1) is 27.7. The summed E-state index contributed by atoms with van der Waals surface area (Å²) in [5.74, 6) is -4.83. The largest absolute Gasteiger partial charge is 0.480 e. The first kappa shape index (κ1) is 45.7. The van der Waals surface area contributed by atoms with Gasteiger partial charge in [0, 0.05) is 25.9 Å². The number of nitrogens with zero attached hydrogens (tertiary/aromatic N) is 2. The van der Waals surface area contributed by atoms with Crippen LogP contribution in [0.4, 0.5) is 0 Å². The summed E-state index contributed by atoms with van der Waals surface area (Å²) < 4.78 is 0. The SMILES string of the molecule is CSCC[C@H](NC(=O)[C@H](Cc1ccccc1)NC(=O)[C@H](Cc1ccccc1)NC(=O)[C@H](CO)NC(=O)[C@@H](N)[C@@H](C)O)C(=O)N1CCC[C@H]1C(=O)N1CCC[C@H]1C(=O)O. The molecule has 2 fully saturated rings. The number of carboxylic acids is 1. The number of rotatable bonds is 20. The number of aliphatic hydroxyl groups is 2. The average molecular weight is 826 g/mol. The molecule has 0 bridgehead atoms. The molecule has 6 amide bonds. The van der Waals surface area contributed by atoms with Crippen LogP contribution in [0.25, 0.3) is 0 Å². The number of carboxylic acid groups (broad SMARTS) is 1. The van der Waals surface area contributed by atoms with Gasteiger partial charge >= 0.3 is 5.97 Å². The summed E-state index contributed by atoms with van der Waals surface area (Å²) in [7, 11) is 0. The number of hydrogen-bond donors (Lipinski definition) is 8. The first-order valence-corrected chi connectivity index (χ1v) is 20.8. The van der Waals surface area contributed by atoms with Crippen LogP contribution in [0.5, 0.6) is 0 Å². The third-order valence-electron chi connectivity index (χ3n) is 10.3. The van der Waals surface area contributed by atoms with Crippen molar-refractivity contribution in [3.05, 3.63) is 71.8 Å². The van der Waals surface area contributed by atoms with E-state index in [1.54, 1.807) is 60.7 Å². The molecule has 0 aliphatic carbocycles. The van der Waals surface area contributed by atoms with Crippen molar-refractivity contribution in [2.75, 3.05) is 31.7 Å². The molecule has 8 atom stereocenters. The molecule has 18 heteroatoms. The number of thioether (sulfide) groups is 1. The van der Waals surface area contributed by atoms with Crippen LogP contribution in [0.2, 0.25) is 0 Å². The minimum atomic E-state index is -1.53. The maximum absolute atomic E-state index is 14.3. The lowest BCUT2D eigenvalue weighted by molar-refractivity contribution is -0.152. The minimum Gasteiger partial charge on any atom is -0.480 e. The van der Waals surface area contributed by atoms with E-state index in [1.807, 2.05) is 6.26 Å². The Morgan fingerprint density at radius 1 is 0.724 bits per heavy atom. The number of carbonyl (C=O) groups excluding carboxylic acids is 6. The van der Waals surface area contributed by atoms with E-state index in [1.165, 1.54) is 28.5 Å². The highest BCUT2D eigenvalue weighted by Crippen LogP contribution is 2.26. The highest BCUT2D eigenvalue weighted by atomic mass is 32.2. The number of likely N-dealkylation sites (tertiary alicyclic amines) is 2. The van der Waals surface area contributed by atoms with Gasteiger partial charge in [0.15, 0.2) is 0 Å². The summed E-state index contributed by atoms with van der Waals surface area (Å²) in [5, 5.41) is 39.8. The van der Waals surface area contributed by atoms with Gasteiger partial charge in [-0.25, -0.2) is 4.79 Å². The summed E-state index contributed by atoms with van der Waals surface area (Å²) in [6.45, 7) is 0.965. The second kappa shape index (κ2) is 22.2. The molecule has 2 aliphatic rings. The smallest absolute Gasteiger partial charge is 0.326 e. The Morgan fingerprint density at radius 2 is 1.19 bits per heavy atom. The standard InChI is InChI=1S/C40H55N7O10S/c1-24(49)33(41)37(53)45-30(23-48)36(52)44-29(22-26-13-7-4-8-14-26)35(51)43-28(21-25-11-5-3-6-12-25)34(50)42-27(17-20-58-2)38(54)46-18-9-15-31(46)39(55)47-19-10-16-32(47)40(56)57/h3-8,11-14,24,27-33,48-49H,9-10,15-23,41H2,1-2H3,(H,42,50)(H,43,51)(H,44,52)(H,45,53)(H,56,57)/t24-,27+,28+,29+,30+,31+,32+,33+/m1/s1. The molecule has 2 heterocycles. The van der Waals surface area contributed by atoms with Crippen LogP contribution in [0.15, 0.2) is 60.7 Å². The van der Waals surface area contributed by atoms with Gasteiger partial charge in [-0.1, -0.05) is 60.7 Å². The molecule has 17 nitrogen and oxygen atoms in total. The third kappa shape index (κ3) is 12.5. The van der Waals surface area contributed by atoms with E-state index in [2.05, 4.69) is 21.3 Å². The molecule has 2 aromatic carbocycles. The quantitative estimate of drug-likeness (QED) is 0.0795. The van der Waals surface area contributed by atoms with Crippen molar-refractivity contribution in [3.63, 3.8) is 0 Å². The number of nitrogens with one attached hydrogen (secondary N) is 4. The van der Waals surface area contributed by atoms with E-state index in [0.717, 1.165) is 0 Å². The predicted octanol–water partition coefficient (Wildman–Crippen LogP) is -1.07.